The highest BCUT2D eigenvalue weighted by Gasteiger charge is 2.52. The van der Waals surface area contributed by atoms with Gasteiger partial charge in [0.1, 0.15) is 5.76 Å². The lowest BCUT2D eigenvalue weighted by Crippen LogP contribution is -2.66. The van der Waals surface area contributed by atoms with Crippen LogP contribution in [0.1, 0.15) is 26.3 Å². The zero-order valence-corrected chi connectivity index (χ0v) is 16.8. The molecule has 0 aliphatic rings. The van der Waals surface area contributed by atoms with E-state index in [1.807, 2.05) is 18.2 Å². The van der Waals surface area contributed by atoms with Gasteiger partial charge in [0.15, 0.2) is 0 Å². The monoisotopic (exact) mass is 358 g/mol. The van der Waals surface area contributed by atoms with Gasteiger partial charge in [-0.3, -0.25) is 0 Å². The molecule has 0 bridgehead atoms. The molecule has 0 fully saturated rings. The first-order valence-corrected chi connectivity index (χ1v) is 10.9. The summed E-state index contributed by atoms with van der Waals surface area (Å²) in [6.07, 6.45) is 0. The summed E-state index contributed by atoms with van der Waals surface area (Å²) in [6.45, 7) is 11.1. The van der Waals surface area contributed by atoms with E-state index in [0.717, 1.165) is 11.3 Å². The lowest BCUT2D eigenvalue weighted by Gasteiger charge is -2.43. The van der Waals surface area contributed by atoms with E-state index in [4.69, 9.17) is 4.43 Å². The molecule has 0 aromatic heterocycles. The van der Waals surface area contributed by atoms with Crippen LogP contribution in [0.25, 0.3) is 5.76 Å². The van der Waals surface area contributed by atoms with E-state index in [1.165, 1.54) is 10.4 Å². The Kier molecular flexibility index (Phi) is 5.15. The molecule has 0 heterocycles. The second kappa shape index (κ2) is 7.34. The largest absolute Gasteiger partial charge is 0.534 e. The lowest BCUT2D eigenvalue weighted by molar-refractivity contribution is 0.474. The topological polar surface area (TPSA) is 9.23 Å². The van der Waals surface area contributed by atoms with Crippen LogP contribution in [0.3, 0.4) is 0 Å². The van der Waals surface area contributed by atoms with Crippen LogP contribution in [0.15, 0.2) is 97.6 Å². The first-order valence-electron chi connectivity index (χ1n) is 8.99. The molecule has 0 unspecified atom stereocenters. The molecule has 1 nitrogen and oxygen atoms in total. The van der Waals surface area contributed by atoms with Crippen molar-refractivity contribution in [2.45, 2.75) is 25.8 Å². The summed E-state index contributed by atoms with van der Waals surface area (Å²) in [4.78, 5) is 0. The highest BCUT2D eigenvalue weighted by molar-refractivity contribution is 7.00. The highest BCUT2D eigenvalue weighted by atomic mass is 28.4. The third kappa shape index (κ3) is 3.38. The summed E-state index contributed by atoms with van der Waals surface area (Å²) in [5.41, 5.74) is 1.03. The molecule has 0 amide bonds. The average molecular weight is 359 g/mol. The third-order valence-corrected chi connectivity index (χ3v) is 9.75. The fraction of sp³-hybridized carbons (Fsp3) is 0.167. The van der Waals surface area contributed by atoms with Gasteiger partial charge in [-0.25, -0.2) is 0 Å². The maximum absolute atomic E-state index is 6.91. The van der Waals surface area contributed by atoms with E-state index in [0.29, 0.717) is 0 Å². The van der Waals surface area contributed by atoms with Gasteiger partial charge in [-0.05, 0) is 15.4 Å². The van der Waals surface area contributed by atoms with Crippen molar-refractivity contribution in [3.05, 3.63) is 103 Å². The van der Waals surface area contributed by atoms with Crippen molar-refractivity contribution < 1.29 is 4.43 Å². The van der Waals surface area contributed by atoms with Gasteiger partial charge in [-0.2, -0.15) is 0 Å². The standard InChI is InChI=1S/C24H26OSi/c1-20(21-14-8-5-9-15-21)25-26(24(2,3)4,22-16-10-6-11-17-22)23-18-12-7-13-19-23/h5-19H,1H2,2-4H3. The summed E-state index contributed by atoms with van der Waals surface area (Å²) in [7, 11) is -2.59. The molecule has 3 aromatic rings. The molecule has 3 rings (SSSR count). The fourth-order valence-corrected chi connectivity index (χ4v) is 7.94. The smallest absolute Gasteiger partial charge is 0.319 e. The first kappa shape index (κ1) is 18.2. The molecular formula is C24H26OSi. The Morgan fingerprint density at radius 1 is 0.692 bits per heavy atom. The van der Waals surface area contributed by atoms with E-state index in [1.54, 1.807) is 0 Å². The normalized spacial score (nSPS) is 11.8. The number of rotatable bonds is 5. The summed E-state index contributed by atoms with van der Waals surface area (Å²) in [5, 5.41) is 2.46. The summed E-state index contributed by atoms with van der Waals surface area (Å²) in [6, 6.07) is 31.5. The Morgan fingerprint density at radius 3 is 1.46 bits per heavy atom. The maximum atomic E-state index is 6.91. The van der Waals surface area contributed by atoms with Crippen LogP contribution in [0, 0.1) is 0 Å². The van der Waals surface area contributed by atoms with E-state index in [2.05, 4.69) is 100 Å². The zero-order chi connectivity index (χ0) is 18.6. The average Bonchev–Trinajstić information content (AvgIpc) is 2.67. The Hall–Kier alpha value is -2.58. The van der Waals surface area contributed by atoms with Crippen LogP contribution in [-0.4, -0.2) is 8.32 Å². The Labute approximate surface area is 158 Å². The van der Waals surface area contributed by atoms with Crippen molar-refractivity contribution in [1.82, 2.24) is 0 Å². The van der Waals surface area contributed by atoms with Crippen LogP contribution in [-0.2, 0) is 4.43 Å². The van der Waals surface area contributed by atoms with E-state index in [-0.39, 0.29) is 5.04 Å². The predicted molar refractivity (Wildman–Crippen MR) is 114 cm³/mol. The van der Waals surface area contributed by atoms with Gasteiger partial charge in [-0.15, -0.1) is 0 Å². The van der Waals surface area contributed by atoms with Crippen molar-refractivity contribution in [2.24, 2.45) is 0 Å². The Bertz CT molecular complexity index is 809. The molecule has 3 aromatic carbocycles. The second-order valence-corrected chi connectivity index (χ2v) is 11.8. The van der Waals surface area contributed by atoms with E-state index >= 15 is 0 Å². The van der Waals surface area contributed by atoms with Gasteiger partial charge < -0.3 is 4.43 Å². The molecule has 2 heteroatoms. The van der Waals surface area contributed by atoms with Crippen molar-refractivity contribution in [1.29, 1.82) is 0 Å². The SMILES string of the molecule is C=C(O[Si](c1ccccc1)(c1ccccc1)C(C)(C)C)c1ccccc1. The first-order chi connectivity index (χ1) is 12.4. The van der Waals surface area contributed by atoms with Crippen molar-refractivity contribution in [3.63, 3.8) is 0 Å². The van der Waals surface area contributed by atoms with Gasteiger partial charge in [0.05, 0.1) is 0 Å². The summed E-state index contributed by atoms with van der Waals surface area (Å²) < 4.78 is 6.91. The molecule has 0 saturated carbocycles. The fourth-order valence-electron chi connectivity index (χ4n) is 3.52. The number of benzene rings is 3. The minimum Gasteiger partial charge on any atom is -0.534 e. The van der Waals surface area contributed by atoms with Gasteiger partial charge >= 0.3 is 8.32 Å². The van der Waals surface area contributed by atoms with Crippen molar-refractivity contribution in [2.75, 3.05) is 0 Å². The van der Waals surface area contributed by atoms with Gasteiger partial charge in [-0.1, -0.05) is 118 Å². The third-order valence-electron chi connectivity index (χ3n) is 4.79. The van der Waals surface area contributed by atoms with Gasteiger partial charge in [0.25, 0.3) is 0 Å². The molecule has 0 aliphatic carbocycles. The van der Waals surface area contributed by atoms with E-state index < -0.39 is 8.32 Å². The second-order valence-electron chi connectivity index (χ2n) is 7.55. The van der Waals surface area contributed by atoms with Crippen LogP contribution < -0.4 is 10.4 Å². The summed E-state index contributed by atoms with van der Waals surface area (Å²) >= 11 is 0. The van der Waals surface area contributed by atoms with Crippen LogP contribution in [0.5, 0.6) is 0 Å². The number of hydrogen-bond acceptors (Lipinski definition) is 1. The van der Waals surface area contributed by atoms with Gasteiger partial charge in [0, 0.05) is 5.56 Å². The molecule has 0 spiro atoms. The molecule has 0 atom stereocenters. The molecule has 0 saturated heterocycles. The van der Waals surface area contributed by atoms with E-state index in [9.17, 15) is 0 Å². The molecular weight excluding hydrogens is 332 g/mol. The van der Waals surface area contributed by atoms with Crippen LogP contribution >= 0.6 is 0 Å². The van der Waals surface area contributed by atoms with Crippen molar-refractivity contribution >= 4 is 24.5 Å². The zero-order valence-electron chi connectivity index (χ0n) is 15.8. The molecule has 26 heavy (non-hydrogen) atoms. The van der Waals surface area contributed by atoms with Crippen LogP contribution in [0.2, 0.25) is 5.04 Å². The Balaban J connectivity index is 2.19. The van der Waals surface area contributed by atoms with Gasteiger partial charge in [0.2, 0.25) is 0 Å². The predicted octanol–water partition coefficient (Wildman–Crippen LogP) is 5.23. The molecule has 132 valence electrons. The number of hydrogen-bond donors (Lipinski definition) is 0. The lowest BCUT2D eigenvalue weighted by atomic mass is 10.2. The van der Waals surface area contributed by atoms with Crippen molar-refractivity contribution in [3.8, 4) is 0 Å². The minimum atomic E-state index is -2.59. The molecule has 0 aliphatic heterocycles. The summed E-state index contributed by atoms with van der Waals surface area (Å²) in [5.74, 6) is 0.736. The quantitative estimate of drug-likeness (QED) is 0.448. The molecule has 0 radical (unpaired) electrons. The highest BCUT2D eigenvalue weighted by Crippen LogP contribution is 2.39. The van der Waals surface area contributed by atoms with Crippen LogP contribution in [0.4, 0.5) is 0 Å². The minimum absolute atomic E-state index is 0.0621. The maximum Gasteiger partial charge on any atom is 0.319 e. The molecule has 0 N–H and O–H groups in total. The Morgan fingerprint density at radius 2 is 1.08 bits per heavy atom.